The number of guanidine groups is 1. The molecule has 1 aromatic rings. The van der Waals surface area contributed by atoms with Crippen LogP contribution in [0.2, 0.25) is 0 Å². The number of ether oxygens (including phenoxy) is 1. The number of aliphatic imine (C=N–C) groups is 1. The van der Waals surface area contributed by atoms with Crippen molar-refractivity contribution >= 4 is 47.2 Å². The van der Waals surface area contributed by atoms with Crippen LogP contribution in [0.4, 0.5) is 0 Å². The van der Waals surface area contributed by atoms with E-state index in [0.29, 0.717) is 6.61 Å². The third-order valence-corrected chi connectivity index (χ3v) is 4.78. The van der Waals surface area contributed by atoms with Crippen molar-refractivity contribution in [3.8, 4) is 0 Å². The van der Waals surface area contributed by atoms with Crippen molar-refractivity contribution in [2.24, 2.45) is 10.9 Å². The molecule has 2 rings (SSSR count). The molecule has 1 saturated heterocycles. The van der Waals surface area contributed by atoms with E-state index in [2.05, 4.69) is 25.6 Å². The fraction of sp³-hybridized carbons (Fsp3) is 0.688. The monoisotopic (exact) mass is 466 g/mol. The van der Waals surface area contributed by atoms with E-state index in [-0.39, 0.29) is 35.9 Å². The molecule has 0 aromatic carbocycles. The first-order valence-electron chi connectivity index (χ1n) is 8.17. The lowest BCUT2D eigenvalue weighted by molar-refractivity contribution is -0.149. The standard InChI is InChI=1S/C16H26N4O2S.HI/c1-4-22-15(21)13-6-9-20(10-7-13)16(17-3)18-8-5-14-11-23-12(2)19-14;/h11,13H,4-10H2,1-3H3,(H,17,18);1H. The highest BCUT2D eigenvalue weighted by molar-refractivity contribution is 14.0. The van der Waals surface area contributed by atoms with Crippen LogP contribution in [0.1, 0.15) is 30.5 Å². The van der Waals surface area contributed by atoms with Crippen molar-refractivity contribution in [1.82, 2.24) is 15.2 Å². The second-order valence-electron chi connectivity index (χ2n) is 5.60. The number of halogens is 1. The summed E-state index contributed by atoms with van der Waals surface area (Å²) in [6.45, 7) is 6.81. The fourth-order valence-corrected chi connectivity index (χ4v) is 3.39. The zero-order chi connectivity index (χ0) is 16.7. The topological polar surface area (TPSA) is 66.8 Å². The molecule has 1 aliphatic heterocycles. The molecule has 0 aliphatic carbocycles. The quantitative estimate of drug-likeness (QED) is 0.313. The highest BCUT2D eigenvalue weighted by atomic mass is 127. The summed E-state index contributed by atoms with van der Waals surface area (Å²) < 4.78 is 5.11. The van der Waals surface area contributed by atoms with E-state index in [0.717, 1.165) is 55.6 Å². The van der Waals surface area contributed by atoms with Crippen LogP contribution in [0.25, 0.3) is 0 Å². The van der Waals surface area contributed by atoms with E-state index in [1.165, 1.54) is 0 Å². The van der Waals surface area contributed by atoms with Crippen molar-refractivity contribution in [2.45, 2.75) is 33.1 Å². The van der Waals surface area contributed by atoms with Gasteiger partial charge >= 0.3 is 5.97 Å². The minimum Gasteiger partial charge on any atom is -0.466 e. The Balaban J connectivity index is 0.00000288. The maximum absolute atomic E-state index is 11.8. The third-order valence-electron chi connectivity index (χ3n) is 3.96. The molecule has 0 atom stereocenters. The maximum Gasteiger partial charge on any atom is 0.309 e. The van der Waals surface area contributed by atoms with E-state index in [1.807, 2.05) is 13.8 Å². The van der Waals surface area contributed by atoms with Gasteiger partial charge in [-0.1, -0.05) is 0 Å². The Morgan fingerprint density at radius 1 is 1.50 bits per heavy atom. The van der Waals surface area contributed by atoms with Crippen LogP contribution in [-0.4, -0.2) is 55.1 Å². The van der Waals surface area contributed by atoms with Crippen LogP contribution in [0.3, 0.4) is 0 Å². The van der Waals surface area contributed by atoms with Crippen LogP contribution in [0.15, 0.2) is 10.4 Å². The van der Waals surface area contributed by atoms with Gasteiger partial charge in [-0.3, -0.25) is 9.79 Å². The van der Waals surface area contributed by atoms with Crippen LogP contribution < -0.4 is 5.32 Å². The minimum absolute atomic E-state index is 0. The largest absolute Gasteiger partial charge is 0.466 e. The molecule has 0 bridgehead atoms. The van der Waals surface area contributed by atoms with Crippen molar-refractivity contribution in [2.75, 3.05) is 33.3 Å². The number of hydrogen-bond donors (Lipinski definition) is 1. The summed E-state index contributed by atoms with van der Waals surface area (Å²) in [7, 11) is 1.80. The summed E-state index contributed by atoms with van der Waals surface area (Å²) >= 11 is 1.68. The first kappa shape index (κ1) is 21.1. The summed E-state index contributed by atoms with van der Waals surface area (Å²) in [5.74, 6) is 0.871. The number of aromatic nitrogens is 1. The number of nitrogens with zero attached hydrogens (tertiary/aromatic N) is 3. The van der Waals surface area contributed by atoms with Gasteiger partial charge in [0, 0.05) is 38.5 Å². The molecule has 1 aliphatic rings. The number of nitrogens with one attached hydrogen (secondary N) is 1. The molecule has 2 heterocycles. The van der Waals surface area contributed by atoms with Gasteiger partial charge in [-0.25, -0.2) is 4.98 Å². The Morgan fingerprint density at radius 2 is 2.21 bits per heavy atom. The zero-order valence-electron chi connectivity index (χ0n) is 14.6. The number of aryl methyl sites for hydroxylation is 1. The summed E-state index contributed by atoms with van der Waals surface area (Å²) in [5, 5.41) is 6.59. The molecule has 1 N–H and O–H groups in total. The van der Waals surface area contributed by atoms with Gasteiger partial charge in [-0.05, 0) is 26.7 Å². The Bertz CT molecular complexity index is 542. The average molecular weight is 466 g/mol. The number of thiazole rings is 1. The van der Waals surface area contributed by atoms with Crippen LogP contribution in [0, 0.1) is 12.8 Å². The number of likely N-dealkylation sites (tertiary alicyclic amines) is 1. The molecule has 136 valence electrons. The van der Waals surface area contributed by atoms with E-state index in [9.17, 15) is 4.79 Å². The second-order valence-corrected chi connectivity index (χ2v) is 6.66. The van der Waals surface area contributed by atoms with Crippen molar-refractivity contribution in [3.05, 3.63) is 16.1 Å². The first-order chi connectivity index (χ1) is 11.1. The third kappa shape index (κ3) is 6.19. The molecule has 0 unspecified atom stereocenters. The smallest absolute Gasteiger partial charge is 0.309 e. The summed E-state index contributed by atoms with van der Waals surface area (Å²) in [6, 6.07) is 0. The number of rotatable bonds is 5. The number of carbonyl (C=O) groups excluding carboxylic acids is 1. The van der Waals surface area contributed by atoms with E-state index < -0.39 is 0 Å². The van der Waals surface area contributed by atoms with Crippen LogP contribution in [-0.2, 0) is 16.0 Å². The molecule has 0 amide bonds. The van der Waals surface area contributed by atoms with E-state index in [1.54, 1.807) is 18.4 Å². The minimum atomic E-state index is -0.0611. The summed E-state index contributed by atoms with van der Waals surface area (Å²) in [6.07, 6.45) is 2.54. The Labute approximate surface area is 165 Å². The van der Waals surface area contributed by atoms with Gasteiger partial charge in [0.05, 0.1) is 23.2 Å². The van der Waals surface area contributed by atoms with Crippen molar-refractivity contribution < 1.29 is 9.53 Å². The van der Waals surface area contributed by atoms with Gasteiger partial charge < -0.3 is 15.0 Å². The van der Waals surface area contributed by atoms with Crippen LogP contribution >= 0.6 is 35.3 Å². The number of carbonyl (C=O) groups is 1. The highest BCUT2D eigenvalue weighted by Crippen LogP contribution is 2.18. The molecule has 0 radical (unpaired) electrons. The Hall–Kier alpha value is -0.900. The molecule has 8 heteroatoms. The molecular weight excluding hydrogens is 439 g/mol. The molecular formula is C16H27IN4O2S. The van der Waals surface area contributed by atoms with Crippen molar-refractivity contribution in [1.29, 1.82) is 0 Å². The molecule has 1 fully saturated rings. The predicted molar refractivity (Wildman–Crippen MR) is 108 cm³/mol. The van der Waals surface area contributed by atoms with Gasteiger partial charge in [0.1, 0.15) is 0 Å². The van der Waals surface area contributed by atoms with Gasteiger partial charge in [0.25, 0.3) is 0 Å². The predicted octanol–water partition coefficient (Wildman–Crippen LogP) is 2.46. The Morgan fingerprint density at radius 3 is 2.75 bits per heavy atom. The Kier molecular flexibility index (Phi) is 9.57. The molecule has 6 nitrogen and oxygen atoms in total. The van der Waals surface area contributed by atoms with E-state index >= 15 is 0 Å². The van der Waals surface area contributed by atoms with Crippen LogP contribution in [0.5, 0.6) is 0 Å². The van der Waals surface area contributed by atoms with Gasteiger partial charge in [0.2, 0.25) is 0 Å². The number of esters is 1. The van der Waals surface area contributed by atoms with Gasteiger partial charge in [-0.2, -0.15) is 0 Å². The fourth-order valence-electron chi connectivity index (χ4n) is 2.74. The number of piperidine rings is 1. The summed E-state index contributed by atoms with van der Waals surface area (Å²) in [5.41, 5.74) is 1.12. The highest BCUT2D eigenvalue weighted by Gasteiger charge is 2.27. The SMILES string of the molecule is CCOC(=O)C1CCN(C(=NC)NCCc2csc(C)n2)CC1.I. The van der Waals surface area contributed by atoms with Gasteiger partial charge in [0.15, 0.2) is 5.96 Å². The number of hydrogen-bond acceptors (Lipinski definition) is 5. The molecule has 1 aromatic heterocycles. The van der Waals surface area contributed by atoms with Crippen molar-refractivity contribution in [3.63, 3.8) is 0 Å². The second kappa shape index (κ2) is 10.9. The first-order valence-corrected chi connectivity index (χ1v) is 9.05. The molecule has 0 saturated carbocycles. The lowest BCUT2D eigenvalue weighted by Crippen LogP contribution is -2.47. The lowest BCUT2D eigenvalue weighted by atomic mass is 9.97. The normalized spacial score (nSPS) is 15.8. The molecule has 24 heavy (non-hydrogen) atoms. The summed E-state index contributed by atoms with van der Waals surface area (Å²) in [4.78, 5) is 22.8. The maximum atomic E-state index is 11.8. The molecule has 0 spiro atoms. The van der Waals surface area contributed by atoms with Gasteiger partial charge in [-0.15, -0.1) is 35.3 Å². The average Bonchev–Trinajstić information content (AvgIpc) is 2.97. The van der Waals surface area contributed by atoms with E-state index in [4.69, 9.17) is 4.74 Å². The zero-order valence-corrected chi connectivity index (χ0v) is 17.7. The lowest BCUT2D eigenvalue weighted by Gasteiger charge is -2.33.